The van der Waals surface area contributed by atoms with E-state index in [0.717, 1.165) is 23.4 Å². The molecule has 0 spiro atoms. The number of nitrogens with one attached hydrogen (secondary N) is 1. The first-order valence-corrected chi connectivity index (χ1v) is 5.26. The van der Waals surface area contributed by atoms with Gasteiger partial charge < -0.3 is 9.73 Å². The van der Waals surface area contributed by atoms with Gasteiger partial charge in [-0.15, -0.1) is 0 Å². The van der Waals surface area contributed by atoms with Crippen LogP contribution >= 0.6 is 0 Å². The van der Waals surface area contributed by atoms with Crippen LogP contribution in [0.25, 0.3) is 0 Å². The Morgan fingerprint density at radius 1 is 1.38 bits per heavy atom. The molecule has 0 aliphatic rings. The van der Waals surface area contributed by atoms with E-state index < -0.39 is 0 Å². The van der Waals surface area contributed by atoms with Crippen LogP contribution in [0.4, 0.5) is 0 Å². The monoisotopic (exact) mass is 217 g/mol. The fraction of sp³-hybridized carbons (Fsp3) is 0.333. The molecule has 2 rings (SSSR count). The number of hydrogen-bond acceptors (Lipinski definition) is 4. The van der Waals surface area contributed by atoms with Gasteiger partial charge in [-0.2, -0.15) is 0 Å². The summed E-state index contributed by atoms with van der Waals surface area (Å²) in [4.78, 5) is 8.65. The largest absolute Gasteiger partial charge is 0.472 e. The van der Waals surface area contributed by atoms with E-state index >= 15 is 0 Å². The van der Waals surface area contributed by atoms with E-state index in [1.54, 1.807) is 12.5 Å². The zero-order valence-corrected chi connectivity index (χ0v) is 9.47. The number of aromatic nitrogens is 2. The van der Waals surface area contributed by atoms with Crippen LogP contribution in [0.15, 0.2) is 35.4 Å². The highest BCUT2D eigenvalue weighted by Gasteiger charge is 2.13. The predicted molar refractivity (Wildman–Crippen MR) is 61.0 cm³/mol. The quantitative estimate of drug-likeness (QED) is 0.849. The zero-order valence-electron chi connectivity index (χ0n) is 9.47. The third-order valence-corrected chi connectivity index (χ3v) is 2.48. The minimum Gasteiger partial charge on any atom is -0.472 e. The van der Waals surface area contributed by atoms with Crippen molar-refractivity contribution >= 4 is 0 Å². The number of aryl methyl sites for hydroxylation is 1. The Labute approximate surface area is 94.7 Å². The van der Waals surface area contributed by atoms with Crippen LogP contribution in [0.3, 0.4) is 0 Å². The van der Waals surface area contributed by atoms with Gasteiger partial charge in [0.05, 0.1) is 18.6 Å². The van der Waals surface area contributed by atoms with Gasteiger partial charge >= 0.3 is 0 Å². The molecular weight excluding hydrogens is 202 g/mol. The molecule has 0 saturated heterocycles. The molecule has 2 heterocycles. The van der Waals surface area contributed by atoms with Crippen molar-refractivity contribution in [2.45, 2.75) is 19.4 Å². The normalized spacial score (nSPS) is 12.6. The van der Waals surface area contributed by atoms with Gasteiger partial charge in [-0.1, -0.05) is 0 Å². The third kappa shape index (κ3) is 2.46. The molecule has 2 aromatic rings. The van der Waals surface area contributed by atoms with Crippen LogP contribution in [0, 0.1) is 6.92 Å². The number of likely N-dealkylation sites (N-methyl/N-ethyl adjacent to an activating group) is 1. The number of rotatable bonds is 4. The van der Waals surface area contributed by atoms with Crippen LogP contribution < -0.4 is 5.32 Å². The molecule has 2 aromatic heterocycles. The first-order chi connectivity index (χ1) is 7.79. The molecule has 0 aromatic carbocycles. The van der Waals surface area contributed by atoms with Crippen molar-refractivity contribution in [2.24, 2.45) is 0 Å². The number of furan rings is 1. The summed E-state index contributed by atoms with van der Waals surface area (Å²) in [5.41, 5.74) is 2.21. The minimum absolute atomic E-state index is 0.123. The van der Waals surface area contributed by atoms with E-state index in [1.807, 2.05) is 32.4 Å². The summed E-state index contributed by atoms with van der Waals surface area (Å²) in [5, 5.41) is 3.21. The Morgan fingerprint density at radius 2 is 2.12 bits per heavy atom. The van der Waals surface area contributed by atoms with E-state index in [4.69, 9.17) is 4.42 Å². The summed E-state index contributed by atoms with van der Waals surface area (Å²) in [5.74, 6) is 0.814. The maximum absolute atomic E-state index is 5.05. The molecule has 4 nitrogen and oxygen atoms in total. The predicted octanol–water partition coefficient (Wildman–Crippen LogP) is 1.88. The van der Waals surface area contributed by atoms with E-state index in [9.17, 15) is 0 Å². The molecule has 0 radical (unpaired) electrons. The van der Waals surface area contributed by atoms with Crippen molar-refractivity contribution in [1.29, 1.82) is 0 Å². The fourth-order valence-electron chi connectivity index (χ4n) is 1.55. The van der Waals surface area contributed by atoms with Crippen LogP contribution in [0.1, 0.15) is 23.0 Å². The lowest BCUT2D eigenvalue weighted by Gasteiger charge is -2.13. The molecule has 1 unspecified atom stereocenters. The van der Waals surface area contributed by atoms with E-state index in [-0.39, 0.29) is 6.04 Å². The highest BCUT2D eigenvalue weighted by Crippen LogP contribution is 2.14. The van der Waals surface area contributed by atoms with E-state index in [1.165, 1.54) is 0 Å². The highest BCUT2D eigenvalue weighted by molar-refractivity contribution is 5.12. The average molecular weight is 217 g/mol. The van der Waals surface area contributed by atoms with Crippen molar-refractivity contribution in [3.63, 3.8) is 0 Å². The molecule has 16 heavy (non-hydrogen) atoms. The topological polar surface area (TPSA) is 51.0 Å². The lowest BCUT2D eigenvalue weighted by molar-refractivity contribution is 0.538. The molecule has 0 aliphatic carbocycles. The van der Waals surface area contributed by atoms with Gasteiger partial charge in [-0.05, 0) is 37.6 Å². The van der Waals surface area contributed by atoms with Gasteiger partial charge in [0.1, 0.15) is 5.82 Å². The summed E-state index contributed by atoms with van der Waals surface area (Å²) < 4.78 is 5.05. The van der Waals surface area contributed by atoms with Crippen molar-refractivity contribution in [2.75, 3.05) is 7.05 Å². The molecular formula is C12H15N3O. The Morgan fingerprint density at radius 3 is 2.69 bits per heavy atom. The van der Waals surface area contributed by atoms with Crippen molar-refractivity contribution in [3.05, 3.63) is 47.9 Å². The maximum Gasteiger partial charge on any atom is 0.145 e. The van der Waals surface area contributed by atoms with Crippen LogP contribution in [-0.2, 0) is 6.42 Å². The molecule has 1 atom stereocenters. The lowest BCUT2D eigenvalue weighted by atomic mass is 10.1. The first kappa shape index (κ1) is 10.8. The number of hydrogen-bond donors (Lipinski definition) is 1. The summed E-state index contributed by atoms with van der Waals surface area (Å²) in [6.07, 6.45) is 7.93. The second kappa shape index (κ2) is 4.90. The fourth-order valence-corrected chi connectivity index (χ4v) is 1.55. The second-order valence-corrected chi connectivity index (χ2v) is 3.80. The Hall–Kier alpha value is -1.68. The molecule has 0 bridgehead atoms. The van der Waals surface area contributed by atoms with Gasteiger partial charge in [0, 0.05) is 12.4 Å². The van der Waals surface area contributed by atoms with Crippen molar-refractivity contribution < 1.29 is 4.42 Å². The van der Waals surface area contributed by atoms with Gasteiger partial charge in [0.25, 0.3) is 0 Å². The molecule has 0 fully saturated rings. The Balaban J connectivity index is 2.13. The van der Waals surface area contributed by atoms with Crippen molar-refractivity contribution in [3.8, 4) is 0 Å². The van der Waals surface area contributed by atoms with Crippen LogP contribution in [-0.4, -0.2) is 17.0 Å². The van der Waals surface area contributed by atoms with Gasteiger partial charge in [-0.3, -0.25) is 0 Å². The highest BCUT2D eigenvalue weighted by atomic mass is 16.3. The smallest absolute Gasteiger partial charge is 0.145 e. The van der Waals surface area contributed by atoms with Gasteiger partial charge in [0.15, 0.2) is 0 Å². The molecule has 84 valence electrons. The molecule has 1 N–H and O–H groups in total. The summed E-state index contributed by atoms with van der Waals surface area (Å²) in [6, 6.07) is 2.08. The third-order valence-electron chi connectivity index (χ3n) is 2.48. The lowest BCUT2D eigenvalue weighted by Crippen LogP contribution is -2.21. The standard InChI is InChI=1S/C12H15N3O/c1-9-6-14-12(15-7-9)11(13-2)5-10-3-4-16-8-10/h3-4,6-8,11,13H,5H2,1-2H3. The first-order valence-electron chi connectivity index (χ1n) is 5.26. The average Bonchev–Trinajstić information content (AvgIpc) is 2.80. The Bertz CT molecular complexity index is 422. The van der Waals surface area contributed by atoms with Crippen LogP contribution in [0.2, 0.25) is 0 Å². The SMILES string of the molecule is CNC(Cc1ccoc1)c1ncc(C)cn1. The molecule has 0 amide bonds. The summed E-state index contributed by atoms with van der Waals surface area (Å²) >= 11 is 0. The van der Waals surface area contributed by atoms with Gasteiger partial charge in [-0.25, -0.2) is 9.97 Å². The molecule has 0 aliphatic heterocycles. The maximum atomic E-state index is 5.05. The zero-order chi connectivity index (χ0) is 11.4. The van der Waals surface area contributed by atoms with Crippen LogP contribution in [0.5, 0.6) is 0 Å². The van der Waals surface area contributed by atoms with E-state index in [2.05, 4.69) is 15.3 Å². The minimum atomic E-state index is 0.123. The summed E-state index contributed by atoms with van der Waals surface area (Å²) in [7, 11) is 1.91. The summed E-state index contributed by atoms with van der Waals surface area (Å²) in [6.45, 7) is 1.98. The number of nitrogens with zero attached hydrogens (tertiary/aromatic N) is 2. The molecule has 0 saturated carbocycles. The van der Waals surface area contributed by atoms with Gasteiger partial charge in [0.2, 0.25) is 0 Å². The molecule has 4 heteroatoms. The Kier molecular flexibility index (Phi) is 3.31. The van der Waals surface area contributed by atoms with Crippen molar-refractivity contribution in [1.82, 2.24) is 15.3 Å². The second-order valence-electron chi connectivity index (χ2n) is 3.80. The van der Waals surface area contributed by atoms with E-state index in [0.29, 0.717) is 0 Å².